The Bertz CT molecular complexity index is 233. The van der Waals surface area contributed by atoms with E-state index in [1.807, 2.05) is 0 Å². The molecule has 0 heterocycles. The average Bonchev–Trinajstić information content (AvgIpc) is 2.23. The lowest BCUT2D eigenvalue weighted by atomic mass is 9.87. The number of hydrogen-bond acceptors (Lipinski definition) is 2. The third kappa shape index (κ3) is 3.80. The molecule has 1 aliphatic carbocycles. The van der Waals surface area contributed by atoms with Crippen molar-refractivity contribution in [3.63, 3.8) is 0 Å². The SMILES string of the molecule is CCCCCCCC1(O)C=CC=CC1O. The predicted octanol–water partition coefficient (Wildman–Crippen LogP) is 2.56. The van der Waals surface area contributed by atoms with Crippen LogP contribution in [0.1, 0.15) is 45.4 Å². The Labute approximate surface area is 92.3 Å². The van der Waals surface area contributed by atoms with Gasteiger partial charge in [-0.2, -0.15) is 0 Å². The first-order valence-electron chi connectivity index (χ1n) is 5.95. The van der Waals surface area contributed by atoms with Gasteiger partial charge in [0.2, 0.25) is 0 Å². The van der Waals surface area contributed by atoms with E-state index in [-0.39, 0.29) is 0 Å². The zero-order chi connectivity index (χ0) is 11.1. The molecule has 0 aromatic rings. The highest BCUT2D eigenvalue weighted by Crippen LogP contribution is 2.25. The van der Waals surface area contributed by atoms with Crippen molar-refractivity contribution >= 4 is 0 Å². The van der Waals surface area contributed by atoms with Crippen molar-refractivity contribution in [2.45, 2.75) is 57.2 Å². The molecule has 0 bridgehead atoms. The smallest absolute Gasteiger partial charge is 0.112 e. The number of hydrogen-bond donors (Lipinski definition) is 2. The third-order valence-corrected chi connectivity index (χ3v) is 2.98. The molecule has 0 saturated heterocycles. The molecule has 15 heavy (non-hydrogen) atoms. The first-order chi connectivity index (χ1) is 7.19. The first kappa shape index (κ1) is 12.5. The molecule has 0 aromatic heterocycles. The molecule has 2 N–H and O–H groups in total. The standard InChI is InChI=1S/C13H22O2/c1-2-3-4-5-7-10-13(15)11-8-6-9-12(13)14/h6,8-9,11-12,14-15H,2-5,7,10H2,1H3. The van der Waals surface area contributed by atoms with E-state index in [1.165, 1.54) is 19.3 Å². The molecule has 0 amide bonds. The molecule has 0 fully saturated rings. The minimum atomic E-state index is -1.03. The van der Waals surface area contributed by atoms with Crippen LogP contribution in [0, 0.1) is 0 Å². The van der Waals surface area contributed by atoms with Gasteiger partial charge in [0, 0.05) is 0 Å². The van der Waals surface area contributed by atoms with Gasteiger partial charge in [-0.05, 0) is 6.42 Å². The maximum Gasteiger partial charge on any atom is 0.112 e. The van der Waals surface area contributed by atoms with E-state index in [0.29, 0.717) is 6.42 Å². The van der Waals surface area contributed by atoms with Crippen LogP contribution in [0.3, 0.4) is 0 Å². The lowest BCUT2D eigenvalue weighted by molar-refractivity contribution is -0.0229. The van der Waals surface area contributed by atoms with Crippen LogP contribution in [-0.4, -0.2) is 21.9 Å². The second-order valence-corrected chi connectivity index (χ2v) is 4.34. The van der Waals surface area contributed by atoms with E-state index in [4.69, 9.17) is 0 Å². The van der Waals surface area contributed by atoms with Crippen LogP contribution >= 0.6 is 0 Å². The molecule has 0 radical (unpaired) electrons. The molecule has 0 aliphatic heterocycles. The van der Waals surface area contributed by atoms with Gasteiger partial charge in [0.05, 0.1) is 0 Å². The minimum absolute atomic E-state index is 0.652. The summed E-state index contributed by atoms with van der Waals surface area (Å²) in [5.41, 5.74) is -1.03. The third-order valence-electron chi connectivity index (χ3n) is 2.98. The predicted molar refractivity (Wildman–Crippen MR) is 62.6 cm³/mol. The fraction of sp³-hybridized carbons (Fsp3) is 0.692. The average molecular weight is 210 g/mol. The Hall–Kier alpha value is -0.600. The van der Waals surface area contributed by atoms with Crippen molar-refractivity contribution in [3.05, 3.63) is 24.3 Å². The summed E-state index contributed by atoms with van der Waals surface area (Å²) in [5.74, 6) is 0. The summed E-state index contributed by atoms with van der Waals surface area (Å²) in [6.07, 6.45) is 12.7. The maximum atomic E-state index is 10.1. The first-order valence-corrected chi connectivity index (χ1v) is 5.95. The molecule has 1 aliphatic rings. The molecule has 0 aromatic carbocycles. The van der Waals surface area contributed by atoms with Gasteiger partial charge in [-0.15, -0.1) is 0 Å². The zero-order valence-electron chi connectivity index (χ0n) is 9.52. The van der Waals surface area contributed by atoms with Crippen LogP contribution in [0.4, 0.5) is 0 Å². The highest BCUT2D eigenvalue weighted by molar-refractivity contribution is 5.22. The molecule has 0 saturated carbocycles. The van der Waals surface area contributed by atoms with Crippen LogP contribution < -0.4 is 0 Å². The van der Waals surface area contributed by atoms with E-state index in [0.717, 1.165) is 12.8 Å². The molecule has 2 nitrogen and oxygen atoms in total. The molecule has 86 valence electrons. The van der Waals surface area contributed by atoms with Gasteiger partial charge in [-0.1, -0.05) is 63.3 Å². The lowest BCUT2D eigenvalue weighted by Crippen LogP contribution is -2.40. The molecular weight excluding hydrogens is 188 g/mol. The summed E-state index contributed by atoms with van der Waals surface area (Å²) in [7, 11) is 0. The topological polar surface area (TPSA) is 40.5 Å². The van der Waals surface area contributed by atoms with Crippen molar-refractivity contribution < 1.29 is 10.2 Å². The van der Waals surface area contributed by atoms with Crippen molar-refractivity contribution in [2.75, 3.05) is 0 Å². The van der Waals surface area contributed by atoms with Crippen molar-refractivity contribution in [2.24, 2.45) is 0 Å². The normalized spacial score (nSPS) is 29.7. The summed E-state index contributed by atoms with van der Waals surface area (Å²) in [6, 6.07) is 0. The summed E-state index contributed by atoms with van der Waals surface area (Å²) < 4.78 is 0. The second kappa shape index (κ2) is 6.09. The van der Waals surface area contributed by atoms with Crippen LogP contribution in [0.5, 0.6) is 0 Å². The molecular formula is C13H22O2. The van der Waals surface area contributed by atoms with Gasteiger partial charge in [0.25, 0.3) is 0 Å². The van der Waals surface area contributed by atoms with E-state index in [1.54, 1.807) is 24.3 Å². The van der Waals surface area contributed by atoms with Gasteiger partial charge in [-0.25, -0.2) is 0 Å². The monoisotopic (exact) mass is 210 g/mol. The van der Waals surface area contributed by atoms with Crippen LogP contribution in [0.25, 0.3) is 0 Å². The summed E-state index contributed by atoms with van der Waals surface area (Å²) in [5, 5.41) is 19.8. The van der Waals surface area contributed by atoms with E-state index in [9.17, 15) is 10.2 Å². The number of unbranched alkanes of at least 4 members (excludes halogenated alkanes) is 4. The maximum absolute atomic E-state index is 10.1. The Balaban J connectivity index is 2.24. The van der Waals surface area contributed by atoms with Crippen LogP contribution in [0.2, 0.25) is 0 Å². The Morgan fingerprint density at radius 1 is 1.13 bits per heavy atom. The Morgan fingerprint density at radius 2 is 1.87 bits per heavy atom. The van der Waals surface area contributed by atoms with Crippen LogP contribution in [-0.2, 0) is 0 Å². The van der Waals surface area contributed by atoms with E-state index in [2.05, 4.69) is 6.92 Å². The van der Waals surface area contributed by atoms with Gasteiger partial charge in [-0.3, -0.25) is 0 Å². The lowest BCUT2D eigenvalue weighted by Gasteiger charge is -2.30. The Morgan fingerprint density at radius 3 is 2.53 bits per heavy atom. The number of rotatable bonds is 6. The van der Waals surface area contributed by atoms with Gasteiger partial charge in [0.1, 0.15) is 11.7 Å². The van der Waals surface area contributed by atoms with Crippen molar-refractivity contribution in [1.29, 1.82) is 0 Å². The van der Waals surface area contributed by atoms with Gasteiger partial charge < -0.3 is 10.2 Å². The number of aliphatic hydroxyl groups excluding tert-OH is 1. The Kier molecular flexibility index (Phi) is 5.06. The van der Waals surface area contributed by atoms with Crippen molar-refractivity contribution in [3.8, 4) is 0 Å². The quantitative estimate of drug-likeness (QED) is 0.661. The van der Waals surface area contributed by atoms with Gasteiger partial charge >= 0.3 is 0 Å². The zero-order valence-corrected chi connectivity index (χ0v) is 9.52. The van der Waals surface area contributed by atoms with Gasteiger partial charge in [0.15, 0.2) is 0 Å². The molecule has 2 unspecified atom stereocenters. The fourth-order valence-corrected chi connectivity index (χ4v) is 1.90. The fourth-order valence-electron chi connectivity index (χ4n) is 1.90. The molecule has 0 spiro atoms. The summed E-state index contributed by atoms with van der Waals surface area (Å²) >= 11 is 0. The summed E-state index contributed by atoms with van der Waals surface area (Å²) in [4.78, 5) is 0. The highest BCUT2D eigenvalue weighted by Gasteiger charge is 2.31. The van der Waals surface area contributed by atoms with Crippen LogP contribution in [0.15, 0.2) is 24.3 Å². The van der Waals surface area contributed by atoms with Crippen molar-refractivity contribution in [1.82, 2.24) is 0 Å². The number of aliphatic hydroxyl groups is 2. The largest absolute Gasteiger partial charge is 0.386 e. The minimum Gasteiger partial charge on any atom is -0.386 e. The summed E-state index contributed by atoms with van der Waals surface area (Å²) in [6.45, 7) is 2.19. The molecule has 2 heteroatoms. The molecule has 2 atom stereocenters. The van der Waals surface area contributed by atoms with E-state index < -0.39 is 11.7 Å². The molecule has 1 rings (SSSR count). The highest BCUT2D eigenvalue weighted by atomic mass is 16.3. The van der Waals surface area contributed by atoms with E-state index >= 15 is 0 Å². The number of allylic oxidation sites excluding steroid dienone is 2. The second-order valence-electron chi connectivity index (χ2n) is 4.34.